The summed E-state index contributed by atoms with van der Waals surface area (Å²) in [6.07, 6.45) is 2.01. The molecule has 1 atom stereocenters. The Labute approximate surface area is 145 Å². The molecule has 1 fully saturated rings. The number of ether oxygens (including phenoxy) is 1. The van der Waals surface area contributed by atoms with Crippen molar-refractivity contribution in [2.45, 2.75) is 25.4 Å². The Bertz CT molecular complexity index is 703. The molecule has 1 saturated heterocycles. The lowest BCUT2D eigenvalue weighted by atomic mass is 10.0. The van der Waals surface area contributed by atoms with E-state index in [9.17, 15) is 4.79 Å². The first-order valence-corrected chi connectivity index (χ1v) is 8.92. The number of hydrogen-bond donors (Lipinski definition) is 2. The van der Waals surface area contributed by atoms with Gasteiger partial charge in [-0.1, -0.05) is 6.07 Å². The van der Waals surface area contributed by atoms with Gasteiger partial charge in [0, 0.05) is 42.8 Å². The largest absolute Gasteiger partial charge is 0.497 e. The minimum absolute atomic E-state index is 0.112. The number of carbonyl (C=O) groups is 1. The molecule has 6 nitrogen and oxygen atoms in total. The number of methoxy groups -OCH3 is 1. The third kappa shape index (κ3) is 3.85. The molecule has 7 heteroatoms. The molecule has 3 rings (SSSR count). The zero-order valence-electron chi connectivity index (χ0n) is 13.7. The van der Waals surface area contributed by atoms with Gasteiger partial charge in [0.15, 0.2) is 0 Å². The maximum atomic E-state index is 12.3. The molecule has 1 aromatic heterocycles. The second kappa shape index (κ2) is 7.63. The lowest BCUT2D eigenvalue weighted by Crippen LogP contribution is -2.47. The van der Waals surface area contributed by atoms with Crippen molar-refractivity contribution in [3.63, 3.8) is 0 Å². The molecular weight excluding hydrogens is 324 g/mol. The number of carbonyl (C=O) groups excluding carboxylic acids is 1. The zero-order chi connectivity index (χ0) is 16.9. The van der Waals surface area contributed by atoms with Crippen LogP contribution in [0, 0.1) is 0 Å². The van der Waals surface area contributed by atoms with Crippen LogP contribution in [-0.2, 0) is 6.54 Å². The predicted molar refractivity (Wildman–Crippen MR) is 95.7 cm³/mol. The summed E-state index contributed by atoms with van der Waals surface area (Å²) in [6.45, 7) is 2.13. The molecule has 2 heterocycles. The third-order valence-corrected chi connectivity index (χ3v) is 5.01. The fourth-order valence-electron chi connectivity index (χ4n) is 2.90. The average Bonchev–Trinajstić information content (AvgIpc) is 3.11. The van der Waals surface area contributed by atoms with Gasteiger partial charge in [0.2, 0.25) is 0 Å². The second-order valence-electron chi connectivity index (χ2n) is 5.79. The Balaban J connectivity index is 1.63. The van der Waals surface area contributed by atoms with Gasteiger partial charge >= 0.3 is 0 Å². The summed E-state index contributed by atoms with van der Waals surface area (Å²) in [6, 6.07) is 8.13. The van der Waals surface area contributed by atoms with Crippen molar-refractivity contribution >= 4 is 22.9 Å². The fraction of sp³-hybridized carbons (Fsp3) is 0.412. The number of thiazole rings is 1. The van der Waals surface area contributed by atoms with Crippen LogP contribution in [0.2, 0.25) is 0 Å². The highest BCUT2D eigenvalue weighted by Crippen LogP contribution is 2.24. The van der Waals surface area contributed by atoms with Crippen molar-refractivity contribution in [1.29, 1.82) is 0 Å². The van der Waals surface area contributed by atoms with Gasteiger partial charge in [-0.3, -0.25) is 4.79 Å². The molecule has 128 valence electrons. The van der Waals surface area contributed by atoms with Gasteiger partial charge in [0.25, 0.3) is 5.91 Å². The van der Waals surface area contributed by atoms with Crippen LogP contribution in [0.1, 0.15) is 28.3 Å². The highest BCUT2D eigenvalue weighted by molar-refractivity contribution is 7.09. The Kier molecular flexibility index (Phi) is 5.32. The lowest BCUT2D eigenvalue weighted by molar-refractivity contribution is 0.0928. The van der Waals surface area contributed by atoms with Crippen molar-refractivity contribution < 1.29 is 9.53 Å². The SMILES string of the molecule is COc1cccc(N2CCCC(NC(=O)c3csc(CN)n3)C2)c1. The molecule has 0 bridgehead atoms. The van der Waals surface area contributed by atoms with Gasteiger partial charge < -0.3 is 20.7 Å². The monoisotopic (exact) mass is 346 g/mol. The van der Waals surface area contributed by atoms with Gasteiger partial charge in [-0.25, -0.2) is 4.98 Å². The van der Waals surface area contributed by atoms with Gasteiger partial charge in [0.05, 0.1) is 7.11 Å². The van der Waals surface area contributed by atoms with E-state index in [-0.39, 0.29) is 11.9 Å². The zero-order valence-corrected chi connectivity index (χ0v) is 14.5. The number of rotatable bonds is 5. The summed E-state index contributed by atoms with van der Waals surface area (Å²) < 4.78 is 5.29. The maximum absolute atomic E-state index is 12.3. The van der Waals surface area contributed by atoms with Crippen LogP contribution in [0.3, 0.4) is 0 Å². The summed E-state index contributed by atoms with van der Waals surface area (Å²) in [4.78, 5) is 18.9. The number of piperidine rings is 1. The Morgan fingerprint density at radius 2 is 2.42 bits per heavy atom. The first-order valence-electron chi connectivity index (χ1n) is 8.04. The molecular formula is C17H22N4O2S. The van der Waals surface area contributed by atoms with E-state index in [1.165, 1.54) is 11.3 Å². The molecule has 1 aromatic carbocycles. The highest BCUT2D eigenvalue weighted by Gasteiger charge is 2.23. The molecule has 1 aliphatic heterocycles. The first-order chi connectivity index (χ1) is 11.7. The van der Waals surface area contributed by atoms with Gasteiger partial charge in [-0.2, -0.15) is 0 Å². The van der Waals surface area contributed by atoms with Crippen LogP contribution in [0.15, 0.2) is 29.6 Å². The average molecular weight is 346 g/mol. The molecule has 1 unspecified atom stereocenters. The maximum Gasteiger partial charge on any atom is 0.271 e. The second-order valence-corrected chi connectivity index (χ2v) is 6.73. The number of nitrogens with two attached hydrogens (primary N) is 1. The van der Waals surface area contributed by atoms with Gasteiger partial charge in [0.1, 0.15) is 16.5 Å². The molecule has 1 aliphatic rings. The van der Waals surface area contributed by atoms with Crippen molar-refractivity contribution in [2.75, 3.05) is 25.1 Å². The standard InChI is InChI=1S/C17H22N4O2S/c1-23-14-6-2-5-13(8-14)21-7-3-4-12(10-21)19-17(22)15-11-24-16(9-18)20-15/h2,5-6,8,11-12H,3-4,7,9-10,18H2,1H3,(H,19,22). The Hall–Kier alpha value is -2.12. The van der Waals surface area contributed by atoms with Gasteiger partial charge in [-0.05, 0) is 25.0 Å². The van der Waals surface area contributed by atoms with Crippen LogP contribution in [0.25, 0.3) is 0 Å². The van der Waals surface area contributed by atoms with E-state index in [1.807, 2.05) is 18.2 Å². The van der Waals surface area contributed by atoms with E-state index in [4.69, 9.17) is 10.5 Å². The van der Waals surface area contributed by atoms with E-state index in [0.29, 0.717) is 12.2 Å². The summed E-state index contributed by atoms with van der Waals surface area (Å²) >= 11 is 1.42. The molecule has 0 saturated carbocycles. The van der Waals surface area contributed by atoms with Crippen LogP contribution in [0.5, 0.6) is 5.75 Å². The summed E-state index contributed by atoms with van der Waals surface area (Å²) in [5.41, 5.74) is 7.13. The van der Waals surface area contributed by atoms with Crippen molar-refractivity contribution in [3.05, 3.63) is 40.3 Å². The minimum atomic E-state index is -0.122. The predicted octanol–water partition coefficient (Wildman–Crippen LogP) is 2.01. The number of hydrogen-bond acceptors (Lipinski definition) is 6. The number of nitrogens with zero attached hydrogens (tertiary/aromatic N) is 2. The fourth-order valence-corrected chi connectivity index (χ4v) is 3.56. The van der Waals surface area contributed by atoms with Crippen LogP contribution < -0.4 is 20.7 Å². The normalized spacial score (nSPS) is 17.6. The van der Waals surface area contributed by atoms with Crippen LogP contribution in [0.4, 0.5) is 5.69 Å². The molecule has 2 aromatic rings. The number of aromatic nitrogens is 1. The van der Waals surface area contributed by atoms with E-state index in [1.54, 1.807) is 12.5 Å². The molecule has 3 N–H and O–H groups in total. The molecule has 0 radical (unpaired) electrons. The first kappa shape index (κ1) is 16.7. The highest BCUT2D eigenvalue weighted by atomic mass is 32.1. The van der Waals surface area contributed by atoms with Gasteiger partial charge in [-0.15, -0.1) is 11.3 Å². The number of anilines is 1. The van der Waals surface area contributed by atoms with E-state index in [2.05, 4.69) is 21.3 Å². The van der Waals surface area contributed by atoms with Crippen molar-refractivity contribution in [1.82, 2.24) is 10.3 Å². The van der Waals surface area contributed by atoms with E-state index in [0.717, 1.165) is 42.4 Å². The summed E-state index contributed by atoms with van der Waals surface area (Å²) in [5.74, 6) is 0.721. The third-order valence-electron chi connectivity index (χ3n) is 4.13. The lowest BCUT2D eigenvalue weighted by Gasteiger charge is -2.34. The number of benzene rings is 1. The molecule has 0 spiro atoms. The van der Waals surface area contributed by atoms with Crippen molar-refractivity contribution in [3.8, 4) is 5.75 Å². The summed E-state index contributed by atoms with van der Waals surface area (Å²) in [7, 11) is 1.67. The van der Waals surface area contributed by atoms with Crippen LogP contribution >= 0.6 is 11.3 Å². The molecule has 1 amide bonds. The summed E-state index contributed by atoms with van der Waals surface area (Å²) in [5, 5.41) is 5.64. The van der Waals surface area contributed by atoms with Crippen molar-refractivity contribution in [2.24, 2.45) is 5.73 Å². The smallest absolute Gasteiger partial charge is 0.271 e. The number of amides is 1. The Morgan fingerprint density at radius 3 is 3.17 bits per heavy atom. The number of nitrogens with one attached hydrogen (secondary N) is 1. The van der Waals surface area contributed by atoms with E-state index < -0.39 is 0 Å². The van der Waals surface area contributed by atoms with Crippen LogP contribution in [-0.4, -0.2) is 37.1 Å². The van der Waals surface area contributed by atoms with E-state index >= 15 is 0 Å². The molecule has 24 heavy (non-hydrogen) atoms. The Morgan fingerprint density at radius 1 is 1.54 bits per heavy atom. The minimum Gasteiger partial charge on any atom is -0.497 e. The topological polar surface area (TPSA) is 80.5 Å². The quantitative estimate of drug-likeness (QED) is 0.866. The molecule has 0 aliphatic carbocycles.